The third kappa shape index (κ3) is 2.22. The van der Waals surface area contributed by atoms with Crippen molar-refractivity contribution in [3.63, 3.8) is 0 Å². The lowest BCUT2D eigenvalue weighted by molar-refractivity contribution is -0.146. The summed E-state index contributed by atoms with van der Waals surface area (Å²) in [5.41, 5.74) is -0.0762. The molecule has 5 heteroatoms. The van der Waals surface area contributed by atoms with Crippen molar-refractivity contribution in [3.05, 3.63) is 29.0 Å². The van der Waals surface area contributed by atoms with Gasteiger partial charge in [0.1, 0.15) is 5.82 Å². The average molecular weight is 258 g/mol. The fourth-order valence-corrected chi connectivity index (χ4v) is 2.16. The molecule has 0 saturated carbocycles. The summed E-state index contributed by atoms with van der Waals surface area (Å²) >= 11 is 5.61. The molecule has 92 valence electrons. The molecule has 0 aromatic heterocycles. The fourth-order valence-electron chi connectivity index (χ4n) is 2.04. The van der Waals surface area contributed by atoms with E-state index in [0.29, 0.717) is 25.2 Å². The molecule has 3 nitrogen and oxygen atoms in total. The van der Waals surface area contributed by atoms with Crippen molar-refractivity contribution in [1.82, 2.24) is 0 Å². The maximum Gasteiger partial charge on any atom is 0.311 e. The van der Waals surface area contributed by atoms with Gasteiger partial charge >= 0.3 is 5.97 Å². The largest absolute Gasteiger partial charge is 0.481 e. The summed E-state index contributed by atoms with van der Waals surface area (Å²) in [5.74, 6) is -1.29. The molecule has 1 saturated heterocycles. The summed E-state index contributed by atoms with van der Waals surface area (Å²) in [6, 6.07) is 4.54. The van der Waals surface area contributed by atoms with E-state index in [9.17, 15) is 9.18 Å². The lowest BCUT2D eigenvalue weighted by Gasteiger charge is -2.21. The number of benzene rings is 1. The van der Waals surface area contributed by atoms with Crippen molar-refractivity contribution in [1.29, 1.82) is 0 Å². The first-order chi connectivity index (χ1) is 7.92. The Bertz CT molecular complexity index is 466. The third-order valence-corrected chi connectivity index (χ3v) is 3.56. The van der Waals surface area contributed by atoms with Crippen molar-refractivity contribution in [2.75, 3.05) is 18.0 Å². The molecule has 2 rings (SSSR count). The van der Waals surface area contributed by atoms with E-state index in [1.54, 1.807) is 13.0 Å². The Labute approximate surface area is 104 Å². The molecular formula is C12H13ClFNO2. The average Bonchev–Trinajstić information content (AvgIpc) is 2.67. The van der Waals surface area contributed by atoms with Crippen LogP contribution < -0.4 is 4.90 Å². The maximum absolute atomic E-state index is 13.3. The monoisotopic (exact) mass is 257 g/mol. The normalized spacial score (nSPS) is 24.1. The highest BCUT2D eigenvalue weighted by Gasteiger charge is 2.40. The van der Waals surface area contributed by atoms with Gasteiger partial charge in [-0.25, -0.2) is 4.39 Å². The van der Waals surface area contributed by atoms with Gasteiger partial charge in [0.05, 0.1) is 10.4 Å². The maximum atomic E-state index is 13.3. The van der Waals surface area contributed by atoms with E-state index in [1.165, 1.54) is 12.1 Å². The molecule has 0 amide bonds. The van der Waals surface area contributed by atoms with Crippen molar-refractivity contribution in [2.45, 2.75) is 13.3 Å². The molecule has 1 aliphatic heterocycles. The summed E-state index contributed by atoms with van der Waals surface area (Å²) in [4.78, 5) is 13.0. The zero-order valence-corrected chi connectivity index (χ0v) is 10.2. The first-order valence-corrected chi connectivity index (χ1v) is 5.73. The number of hydrogen-bond acceptors (Lipinski definition) is 2. The molecule has 1 atom stereocenters. The quantitative estimate of drug-likeness (QED) is 0.886. The van der Waals surface area contributed by atoms with Crippen LogP contribution in [-0.2, 0) is 4.79 Å². The van der Waals surface area contributed by atoms with E-state index in [4.69, 9.17) is 16.7 Å². The van der Waals surface area contributed by atoms with Gasteiger partial charge in [0, 0.05) is 18.8 Å². The number of carboxylic acids is 1. The Morgan fingerprint density at radius 3 is 2.82 bits per heavy atom. The molecule has 0 aliphatic carbocycles. The van der Waals surface area contributed by atoms with Crippen molar-refractivity contribution in [3.8, 4) is 0 Å². The first kappa shape index (κ1) is 12.2. The molecule has 1 fully saturated rings. The van der Waals surface area contributed by atoms with Gasteiger partial charge < -0.3 is 10.0 Å². The van der Waals surface area contributed by atoms with Crippen LogP contribution in [0.2, 0.25) is 5.02 Å². The van der Waals surface area contributed by atoms with Crippen LogP contribution in [0.3, 0.4) is 0 Å². The second-order valence-corrected chi connectivity index (χ2v) is 5.04. The third-order valence-electron chi connectivity index (χ3n) is 3.26. The van der Waals surface area contributed by atoms with Crippen LogP contribution in [0, 0.1) is 11.2 Å². The SMILES string of the molecule is C[C@@]1(C(=O)O)CCN(c2ccc(Cl)c(F)c2)C1. The highest BCUT2D eigenvalue weighted by molar-refractivity contribution is 6.30. The number of carbonyl (C=O) groups is 1. The van der Waals surface area contributed by atoms with Gasteiger partial charge in [-0.15, -0.1) is 0 Å². The number of carboxylic acid groups (broad SMARTS) is 1. The Morgan fingerprint density at radius 2 is 2.29 bits per heavy atom. The Balaban J connectivity index is 2.21. The fraction of sp³-hybridized carbons (Fsp3) is 0.417. The van der Waals surface area contributed by atoms with Gasteiger partial charge in [-0.2, -0.15) is 0 Å². The van der Waals surface area contributed by atoms with E-state index in [-0.39, 0.29) is 5.02 Å². The predicted octanol–water partition coefficient (Wildman–Crippen LogP) is 2.78. The zero-order chi connectivity index (χ0) is 12.6. The van der Waals surface area contributed by atoms with Gasteiger partial charge in [0.2, 0.25) is 0 Å². The van der Waals surface area contributed by atoms with Crippen LogP contribution in [0.15, 0.2) is 18.2 Å². The second kappa shape index (κ2) is 4.18. The molecule has 0 radical (unpaired) electrons. The standard InChI is InChI=1S/C12H13ClFNO2/c1-12(11(16)17)4-5-15(7-12)8-2-3-9(13)10(14)6-8/h2-3,6H,4-5,7H2,1H3,(H,16,17)/t12-/m1/s1. The highest BCUT2D eigenvalue weighted by atomic mass is 35.5. The van der Waals surface area contributed by atoms with E-state index >= 15 is 0 Å². The summed E-state index contributed by atoms with van der Waals surface area (Å²) in [6.45, 7) is 2.72. The van der Waals surface area contributed by atoms with Crippen LogP contribution in [0.5, 0.6) is 0 Å². The Morgan fingerprint density at radius 1 is 1.59 bits per heavy atom. The zero-order valence-electron chi connectivity index (χ0n) is 9.41. The van der Waals surface area contributed by atoms with Crippen molar-refractivity contribution in [2.24, 2.45) is 5.41 Å². The lowest BCUT2D eigenvalue weighted by atomic mass is 9.90. The molecule has 1 heterocycles. The van der Waals surface area contributed by atoms with E-state index in [0.717, 1.165) is 0 Å². The number of anilines is 1. The molecule has 0 unspecified atom stereocenters. The Kier molecular flexibility index (Phi) is 3.00. The lowest BCUT2D eigenvalue weighted by Crippen LogP contribution is -2.31. The predicted molar refractivity (Wildman–Crippen MR) is 64.0 cm³/mol. The number of hydrogen-bond donors (Lipinski definition) is 1. The van der Waals surface area contributed by atoms with Crippen LogP contribution >= 0.6 is 11.6 Å². The van der Waals surface area contributed by atoms with E-state index in [1.807, 2.05) is 4.90 Å². The summed E-state index contributed by atoms with van der Waals surface area (Å²) < 4.78 is 13.3. The van der Waals surface area contributed by atoms with Gasteiger partial charge in [-0.05, 0) is 31.5 Å². The van der Waals surface area contributed by atoms with Crippen LogP contribution in [0.1, 0.15) is 13.3 Å². The molecule has 1 aromatic rings. The van der Waals surface area contributed by atoms with E-state index < -0.39 is 17.2 Å². The minimum absolute atomic E-state index is 0.0777. The summed E-state index contributed by atoms with van der Waals surface area (Å²) in [5, 5.41) is 9.19. The number of rotatable bonds is 2. The topological polar surface area (TPSA) is 40.5 Å². The summed E-state index contributed by atoms with van der Waals surface area (Å²) in [6.07, 6.45) is 0.562. The number of halogens is 2. The van der Waals surface area contributed by atoms with Crippen molar-refractivity contribution >= 4 is 23.3 Å². The highest BCUT2D eigenvalue weighted by Crippen LogP contribution is 2.34. The molecule has 1 aliphatic rings. The molecule has 17 heavy (non-hydrogen) atoms. The summed E-state index contributed by atoms with van der Waals surface area (Å²) in [7, 11) is 0. The van der Waals surface area contributed by atoms with Gasteiger partial charge in [-0.3, -0.25) is 4.79 Å². The van der Waals surface area contributed by atoms with Crippen LogP contribution in [0.25, 0.3) is 0 Å². The molecule has 0 spiro atoms. The van der Waals surface area contributed by atoms with Crippen LogP contribution in [0.4, 0.5) is 10.1 Å². The second-order valence-electron chi connectivity index (χ2n) is 4.64. The molecular weight excluding hydrogens is 245 g/mol. The van der Waals surface area contributed by atoms with Gasteiger partial charge in [-0.1, -0.05) is 11.6 Å². The smallest absolute Gasteiger partial charge is 0.311 e. The van der Waals surface area contributed by atoms with Crippen molar-refractivity contribution < 1.29 is 14.3 Å². The molecule has 1 aromatic carbocycles. The number of nitrogens with zero attached hydrogens (tertiary/aromatic N) is 1. The first-order valence-electron chi connectivity index (χ1n) is 5.36. The molecule has 0 bridgehead atoms. The molecule has 1 N–H and O–H groups in total. The Hall–Kier alpha value is -1.29. The minimum atomic E-state index is -0.811. The number of aliphatic carboxylic acids is 1. The van der Waals surface area contributed by atoms with Gasteiger partial charge in [0.25, 0.3) is 0 Å². The van der Waals surface area contributed by atoms with Gasteiger partial charge in [0.15, 0.2) is 0 Å². The minimum Gasteiger partial charge on any atom is -0.481 e. The van der Waals surface area contributed by atoms with E-state index in [2.05, 4.69) is 0 Å². The van der Waals surface area contributed by atoms with Crippen LogP contribution in [-0.4, -0.2) is 24.2 Å².